The number of aliphatic hydroxyl groups excluding tert-OH is 1. The lowest BCUT2D eigenvalue weighted by atomic mass is 10.2. The van der Waals surface area contributed by atoms with Gasteiger partial charge in [-0.25, -0.2) is 22.4 Å². The van der Waals surface area contributed by atoms with Crippen molar-refractivity contribution in [1.82, 2.24) is 18.5 Å². The van der Waals surface area contributed by atoms with Gasteiger partial charge < -0.3 is 9.52 Å². The van der Waals surface area contributed by atoms with Gasteiger partial charge in [-0.2, -0.15) is 0 Å². The van der Waals surface area contributed by atoms with Crippen molar-refractivity contribution in [1.29, 1.82) is 0 Å². The Morgan fingerprint density at radius 2 is 1.74 bits per heavy atom. The van der Waals surface area contributed by atoms with Gasteiger partial charge in [0.15, 0.2) is 17.2 Å². The molecule has 9 heteroatoms. The van der Waals surface area contributed by atoms with Crippen molar-refractivity contribution in [2.24, 2.45) is 0 Å². The van der Waals surface area contributed by atoms with Gasteiger partial charge in [0.1, 0.15) is 17.9 Å². The lowest BCUT2D eigenvalue weighted by molar-refractivity contribution is 0.248. The molecule has 4 aromatic heterocycles. The number of hydrogen-bond donors (Lipinski definition) is 1. The lowest BCUT2D eigenvalue weighted by Gasteiger charge is -2.09. The van der Waals surface area contributed by atoms with Crippen LogP contribution in [0.5, 0.6) is 0 Å². The van der Waals surface area contributed by atoms with Gasteiger partial charge in [-0.15, -0.1) is 0 Å². The second-order valence-corrected chi connectivity index (χ2v) is 10.0. The Morgan fingerprint density at radius 1 is 0.971 bits per heavy atom. The standard InChI is InChI=1S/C26H20N4O4S/c1-17-7-10-20(11-8-17)35(32,33)29-14-13-21-24-22(15-27-25(21)29)28-26(23-12-9-19(16-31)34-23)30(24)18-5-3-2-4-6-18/h2-15,31H,16H2,1H3. The maximum atomic E-state index is 13.4. The number of para-hydroxylation sites is 1. The number of nitrogens with zero attached hydrogens (tertiary/aromatic N) is 4. The van der Waals surface area contributed by atoms with E-state index < -0.39 is 10.0 Å². The third-order valence-corrected chi connectivity index (χ3v) is 7.61. The van der Waals surface area contributed by atoms with Crippen molar-refractivity contribution in [3.8, 4) is 17.3 Å². The SMILES string of the molecule is Cc1ccc(S(=O)(=O)n2ccc3c2ncc2nc(-c4ccc(CO)o4)n(-c4ccccc4)c23)cc1. The molecule has 0 spiro atoms. The monoisotopic (exact) mass is 484 g/mol. The highest BCUT2D eigenvalue weighted by atomic mass is 32.2. The van der Waals surface area contributed by atoms with Crippen LogP contribution in [-0.4, -0.2) is 32.0 Å². The first-order valence-corrected chi connectivity index (χ1v) is 12.4. The summed E-state index contributed by atoms with van der Waals surface area (Å²) < 4.78 is 35.8. The van der Waals surface area contributed by atoms with Crippen molar-refractivity contribution in [3.05, 3.63) is 96.5 Å². The van der Waals surface area contributed by atoms with E-state index in [2.05, 4.69) is 4.98 Å². The average molecular weight is 485 g/mol. The molecule has 174 valence electrons. The predicted octanol–water partition coefficient (Wildman–Crippen LogP) is 4.67. The number of aliphatic hydroxyl groups is 1. The van der Waals surface area contributed by atoms with Crippen LogP contribution in [-0.2, 0) is 16.6 Å². The molecule has 35 heavy (non-hydrogen) atoms. The first-order valence-electron chi connectivity index (χ1n) is 10.9. The van der Waals surface area contributed by atoms with E-state index in [1.54, 1.807) is 48.7 Å². The molecule has 4 heterocycles. The quantitative estimate of drug-likeness (QED) is 0.381. The van der Waals surface area contributed by atoms with Gasteiger partial charge in [-0.05, 0) is 49.4 Å². The molecule has 0 bridgehead atoms. The number of imidazole rings is 1. The number of fused-ring (bicyclic) bond motifs is 3. The Labute approximate surface area is 200 Å². The lowest BCUT2D eigenvalue weighted by Crippen LogP contribution is -2.12. The summed E-state index contributed by atoms with van der Waals surface area (Å²) >= 11 is 0. The molecule has 6 rings (SSSR count). The third kappa shape index (κ3) is 3.36. The van der Waals surface area contributed by atoms with E-state index in [-0.39, 0.29) is 11.5 Å². The number of rotatable bonds is 5. The highest BCUT2D eigenvalue weighted by molar-refractivity contribution is 7.90. The van der Waals surface area contributed by atoms with Crippen LogP contribution in [0.1, 0.15) is 11.3 Å². The number of furan rings is 1. The smallest absolute Gasteiger partial charge is 0.269 e. The molecule has 0 radical (unpaired) electrons. The zero-order valence-electron chi connectivity index (χ0n) is 18.7. The van der Waals surface area contributed by atoms with Gasteiger partial charge >= 0.3 is 0 Å². The molecule has 0 aliphatic heterocycles. The topological polar surface area (TPSA) is 103 Å². The van der Waals surface area contributed by atoms with Crippen LogP contribution in [0.2, 0.25) is 0 Å². The van der Waals surface area contributed by atoms with Crippen LogP contribution in [0.15, 0.2) is 94.5 Å². The van der Waals surface area contributed by atoms with E-state index in [9.17, 15) is 13.5 Å². The summed E-state index contributed by atoms with van der Waals surface area (Å²) in [4.78, 5) is 9.43. The minimum Gasteiger partial charge on any atom is -0.455 e. The Hall–Kier alpha value is -4.21. The van der Waals surface area contributed by atoms with Crippen LogP contribution in [0, 0.1) is 6.92 Å². The van der Waals surface area contributed by atoms with E-state index in [0.717, 1.165) is 11.3 Å². The molecular weight excluding hydrogens is 464 g/mol. The largest absolute Gasteiger partial charge is 0.455 e. The van der Waals surface area contributed by atoms with Crippen LogP contribution in [0.3, 0.4) is 0 Å². The molecule has 0 aliphatic carbocycles. The molecule has 1 N–H and O–H groups in total. The van der Waals surface area contributed by atoms with Crippen molar-refractivity contribution in [2.45, 2.75) is 18.4 Å². The molecule has 6 aromatic rings. The molecule has 0 unspecified atom stereocenters. The van der Waals surface area contributed by atoms with Crippen molar-refractivity contribution < 1.29 is 17.9 Å². The molecule has 0 aliphatic rings. The van der Waals surface area contributed by atoms with Crippen molar-refractivity contribution >= 4 is 32.1 Å². The van der Waals surface area contributed by atoms with E-state index in [1.807, 2.05) is 41.8 Å². The summed E-state index contributed by atoms with van der Waals surface area (Å²) in [6.07, 6.45) is 3.09. The Kier molecular flexibility index (Phi) is 4.84. The van der Waals surface area contributed by atoms with Crippen molar-refractivity contribution in [2.75, 3.05) is 0 Å². The fraction of sp³-hybridized carbons (Fsp3) is 0.0769. The van der Waals surface area contributed by atoms with Crippen LogP contribution in [0.4, 0.5) is 0 Å². The fourth-order valence-electron chi connectivity index (χ4n) is 4.22. The van der Waals surface area contributed by atoms with Gasteiger partial charge in [0.2, 0.25) is 0 Å². The summed E-state index contributed by atoms with van der Waals surface area (Å²) in [7, 11) is -3.85. The van der Waals surface area contributed by atoms with Gasteiger partial charge in [0, 0.05) is 17.3 Å². The second kappa shape index (κ2) is 7.93. The maximum absolute atomic E-state index is 13.4. The van der Waals surface area contributed by atoms with Crippen LogP contribution in [0.25, 0.3) is 39.3 Å². The summed E-state index contributed by atoms with van der Waals surface area (Å²) in [6.45, 7) is 1.68. The van der Waals surface area contributed by atoms with Crippen molar-refractivity contribution in [3.63, 3.8) is 0 Å². The van der Waals surface area contributed by atoms with E-state index in [4.69, 9.17) is 9.40 Å². The first-order chi connectivity index (χ1) is 17.0. The summed E-state index contributed by atoms with van der Waals surface area (Å²) in [5, 5.41) is 10.1. The number of aryl methyl sites for hydroxylation is 1. The zero-order valence-corrected chi connectivity index (χ0v) is 19.5. The summed E-state index contributed by atoms with van der Waals surface area (Å²) in [6, 6.07) is 21.5. The van der Waals surface area contributed by atoms with Gasteiger partial charge in [-0.1, -0.05) is 35.9 Å². The van der Waals surface area contributed by atoms with E-state index >= 15 is 0 Å². The summed E-state index contributed by atoms with van der Waals surface area (Å²) in [5.74, 6) is 1.42. The van der Waals surface area contributed by atoms with Gasteiger partial charge in [0.05, 0.1) is 16.6 Å². The predicted molar refractivity (Wildman–Crippen MR) is 132 cm³/mol. The minimum atomic E-state index is -3.85. The fourth-order valence-corrected chi connectivity index (χ4v) is 5.52. The summed E-state index contributed by atoms with van der Waals surface area (Å²) in [5.41, 5.74) is 3.40. The Morgan fingerprint density at radius 3 is 2.46 bits per heavy atom. The zero-order chi connectivity index (χ0) is 24.2. The highest BCUT2D eigenvalue weighted by Gasteiger charge is 2.24. The van der Waals surface area contributed by atoms with E-state index in [0.29, 0.717) is 39.4 Å². The Balaban J connectivity index is 1.64. The second-order valence-electron chi connectivity index (χ2n) is 8.19. The normalized spacial score (nSPS) is 12.1. The molecule has 0 atom stereocenters. The molecule has 0 fully saturated rings. The number of pyridine rings is 1. The average Bonchev–Trinajstić information content (AvgIpc) is 3.60. The highest BCUT2D eigenvalue weighted by Crippen LogP contribution is 2.34. The van der Waals surface area contributed by atoms with E-state index in [1.165, 1.54) is 10.2 Å². The van der Waals surface area contributed by atoms with Gasteiger partial charge in [0.25, 0.3) is 10.0 Å². The van der Waals surface area contributed by atoms with Crippen LogP contribution >= 0.6 is 0 Å². The minimum absolute atomic E-state index is 0.187. The molecule has 2 aromatic carbocycles. The molecule has 0 saturated heterocycles. The molecule has 0 amide bonds. The first kappa shape index (κ1) is 21.3. The Bertz CT molecular complexity index is 1800. The van der Waals surface area contributed by atoms with Gasteiger partial charge in [-0.3, -0.25) is 4.57 Å². The van der Waals surface area contributed by atoms with Crippen LogP contribution < -0.4 is 0 Å². The number of hydrogen-bond acceptors (Lipinski definition) is 6. The maximum Gasteiger partial charge on any atom is 0.269 e. The molecule has 0 saturated carbocycles. The molecule has 8 nitrogen and oxygen atoms in total. The number of benzene rings is 2. The molecular formula is C26H20N4O4S. The number of aromatic nitrogens is 4. The third-order valence-electron chi connectivity index (χ3n) is 5.92.